The third-order valence-electron chi connectivity index (χ3n) is 4.05. The first kappa shape index (κ1) is 22.5. The third-order valence-corrected chi connectivity index (χ3v) is 4.46. The molecule has 4 N–H and O–H groups in total. The first-order valence-corrected chi connectivity index (χ1v) is 9.87. The van der Waals surface area contributed by atoms with Gasteiger partial charge in [-0.1, -0.05) is 6.07 Å². The number of benzene rings is 3. The molecular formula is C20H16N6O4S2. The van der Waals surface area contributed by atoms with Crippen LogP contribution in [0.25, 0.3) is 0 Å². The normalized spacial score (nSPS) is 10.0. The number of thiocarbonyl (C=S) groups is 2. The molecule has 12 heteroatoms. The molecule has 10 nitrogen and oxygen atoms in total. The summed E-state index contributed by atoms with van der Waals surface area (Å²) in [6.07, 6.45) is 0. The Bertz CT molecular complexity index is 1080. The molecule has 32 heavy (non-hydrogen) atoms. The fourth-order valence-corrected chi connectivity index (χ4v) is 3.07. The van der Waals surface area contributed by atoms with Crippen LogP contribution in [-0.4, -0.2) is 20.1 Å². The second kappa shape index (κ2) is 10.2. The Morgan fingerprint density at radius 1 is 0.594 bits per heavy atom. The second-order valence-electron chi connectivity index (χ2n) is 6.35. The van der Waals surface area contributed by atoms with Crippen molar-refractivity contribution < 1.29 is 9.85 Å². The van der Waals surface area contributed by atoms with Gasteiger partial charge in [0.1, 0.15) is 0 Å². The minimum Gasteiger partial charge on any atom is -0.332 e. The fraction of sp³-hybridized carbons (Fsp3) is 0. The lowest BCUT2D eigenvalue weighted by Crippen LogP contribution is -2.20. The molecule has 0 fully saturated rings. The molecule has 0 saturated carbocycles. The maximum absolute atomic E-state index is 10.7. The van der Waals surface area contributed by atoms with Crippen molar-refractivity contribution >= 4 is 68.8 Å². The summed E-state index contributed by atoms with van der Waals surface area (Å²) in [5, 5.41) is 34.0. The molecule has 0 spiro atoms. The Labute approximate surface area is 192 Å². The zero-order chi connectivity index (χ0) is 23.1. The molecule has 0 amide bonds. The van der Waals surface area contributed by atoms with Gasteiger partial charge in [0.05, 0.1) is 9.85 Å². The molecular weight excluding hydrogens is 452 g/mol. The van der Waals surface area contributed by atoms with E-state index in [9.17, 15) is 20.2 Å². The van der Waals surface area contributed by atoms with Gasteiger partial charge < -0.3 is 21.3 Å². The summed E-state index contributed by atoms with van der Waals surface area (Å²) in [5.74, 6) is 0. The Balaban J connectivity index is 1.56. The van der Waals surface area contributed by atoms with Gasteiger partial charge in [0.25, 0.3) is 11.4 Å². The van der Waals surface area contributed by atoms with E-state index in [0.29, 0.717) is 33.0 Å². The lowest BCUT2D eigenvalue weighted by Gasteiger charge is -2.13. The number of nitro groups is 2. The van der Waals surface area contributed by atoms with Crippen molar-refractivity contribution in [2.75, 3.05) is 21.3 Å². The topological polar surface area (TPSA) is 134 Å². The van der Waals surface area contributed by atoms with Gasteiger partial charge in [-0.15, -0.1) is 0 Å². The lowest BCUT2D eigenvalue weighted by molar-refractivity contribution is -0.385. The molecule has 0 aliphatic heterocycles. The third kappa shape index (κ3) is 6.42. The predicted octanol–water partition coefficient (Wildman–Crippen LogP) is 5.12. The maximum Gasteiger partial charge on any atom is 0.269 e. The number of hydrogen-bond donors (Lipinski definition) is 4. The Kier molecular flexibility index (Phi) is 7.21. The number of hydrogen-bond acceptors (Lipinski definition) is 6. The highest BCUT2D eigenvalue weighted by atomic mass is 32.1. The van der Waals surface area contributed by atoms with Gasteiger partial charge in [-0.25, -0.2) is 0 Å². The Hall–Kier alpha value is -4.16. The van der Waals surface area contributed by atoms with Gasteiger partial charge in [-0.2, -0.15) is 0 Å². The highest BCUT2D eigenvalue weighted by molar-refractivity contribution is 7.81. The molecule has 162 valence electrons. The summed E-state index contributed by atoms with van der Waals surface area (Å²) in [7, 11) is 0. The first-order chi connectivity index (χ1) is 15.3. The highest BCUT2D eigenvalue weighted by Crippen LogP contribution is 2.19. The summed E-state index contributed by atoms with van der Waals surface area (Å²) in [4.78, 5) is 20.5. The average Bonchev–Trinajstić information content (AvgIpc) is 2.74. The summed E-state index contributed by atoms with van der Waals surface area (Å²) < 4.78 is 0. The van der Waals surface area contributed by atoms with Crippen LogP contribution in [0.3, 0.4) is 0 Å². The van der Waals surface area contributed by atoms with Gasteiger partial charge in [-0.3, -0.25) is 20.2 Å². The molecule has 0 saturated heterocycles. The van der Waals surface area contributed by atoms with Crippen LogP contribution in [0.15, 0.2) is 72.8 Å². The van der Waals surface area contributed by atoms with Crippen molar-refractivity contribution in [3.63, 3.8) is 0 Å². The van der Waals surface area contributed by atoms with Crippen LogP contribution < -0.4 is 21.3 Å². The number of non-ortho nitro benzene ring substituents is 2. The van der Waals surface area contributed by atoms with Crippen LogP contribution in [0.4, 0.5) is 34.1 Å². The van der Waals surface area contributed by atoms with E-state index in [2.05, 4.69) is 21.3 Å². The molecule has 0 aliphatic rings. The van der Waals surface area contributed by atoms with Gasteiger partial charge in [-0.05, 0) is 66.9 Å². The summed E-state index contributed by atoms with van der Waals surface area (Å²) in [5.41, 5.74) is 2.57. The van der Waals surface area contributed by atoms with E-state index in [1.54, 1.807) is 36.4 Å². The predicted molar refractivity (Wildman–Crippen MR) is 132 cm³/mol. The Morgan fingerprint density at radius 3 is 1.28 bits per heavy atom. The van der Waals surface area contributed by atoms with E-state index >= 15 is 0 Å². The van der Waals surface area contributed by atoms with Crippen LogP contribution in [0.1, 0.15) is 0 Å². The van der Waals surface area contributed by atoms with Crippen molar-refractivity contribution in [3.05, 3.63) is 93.0 Å². The Morgan fingerprint density at radius 2 is 0.938 bits per heavy atom. The van der Waals surface area contributed by atoms with Gasteiger partial charge in [0, 0.05) is 47.0 Å². The number of nitrogens with one attached hydrogen (secondary N) is 4. The molecule has 0 unspecified atom stereocenters. The van der Waals surface area contributed by atoms with Crippen molar-refractivity contribution in [1.29, 1.82) is 0 Å². The molecule has 0 heterocycles. The largest absolute Gasteiger partial charge is 0.332 e. The molecule has 3 aromatic rings. The van der Waals surface area contributed by atoms with E-state index in [0.717, 1.165) is 0 Å². The number of anilines is 4. The van der Waals surface area contributed by atoms with Crippen molar-refractivity contribution in [2.24, 2.45) is 0 Å². The minimum absolute atomic E-state index is 0.00786. The molecule has 3 aromatic carbocycles. The van der Waals surface area contributed by atoms with Gasteiger partial charge >= 0.3 is 0 Å². The van der Waals surface area contributed by atoms with E-state index in [1.807, 2.05) is 12.1 Å². The highest BCUT2D eigenvalue weighted by Gasteiger charge is 2.07. The zero-order valence-electron chi connectivity index (χ0n) is 16.3. The van der Waals surface area contributed by atoms with Crippen LogP contribution >= 0.6 is 24.4 Å². The van der Waals surface area contributed by atoms with Crippen LogP contribution in [0.2, 0.25) is 0 Å². The molecule has 0 atom stereocenters. The summed E-state index contributed by atoms with van der Waals surface area (Å²) in [6, 6.07) is 19.0. The smallest absolute Gasteiger partial charge is 0.269 e. The van der Waals surface area contributed by atoms with Crippen molar-refractivity contribution in [2.45, 2.75) is 0 Å². The first-order valence-electron chi connectivity index (χ1n) is 9.05. The number of nitrogens with zero attached hydrogens (tertiary/aromatic N) is 2. The molecule has 0 aromatic heterocycles. The monoisotopic (exact) mass is 468 g/mol. The molecule has 0 radical (unpaired) electrons. The van der Waals surface area contributed by atoms with E-state index in [-0.39, 0.29) is 11.4 Å². The molecule has 3 rings (SSSR count). The summed E-state index contributed by atoms with van der Waals surface area (Å²) >= 11 is 10.6. The number of nitro benzene ring substituents is 2. The van der Waals surface area contributed by atoms with E-state index < -0.39 is 9.85 Å². The molecule has 0 aliphatic carbocycles. The SMILES string of the molecule is O=[N+]([O-])c1ccc(NC(=S)Nc2cccc(NC(=S)Nc3ccc([N+](=O)[O-])cc3)c2)cc1. The molecule has 0 bridgehead atoms. The van der Waals surface area contributed by atoms with Crippen molar-refractivity contribution in [1.82, 2.24) is 0 Å². The number of rotatable bonds is 6. The van der Waals surface area contributed by atoms with Gasteiger partial charge in [0.2, 0.25) is 0 Å². The zero-order valence-corrected chi connectivity index (χ0v) is 17.9. The quantitative estimate of drug-likeness (QED) is 0.219. The van der Waals surface area contributed by atoms with Crippen molar-refractivity contribution in [3.8, 4) is 0 Å². The lowest BCUT2D eigenvalue weighted by atomic mass is 10.2. The fourth-order valence-electron chi connectivity index (χ4n) is 2.59. The van der Waals surface area contributed by atoms with E-state index in [1.165, 1.54) is 24.3 Å². The van der Waals surface area contributed by atoms with Crippen LogP contribution in [-0.2, 0) is 0 Å². The summed E-state index contributed by atoms with van der Waals surface area (Å²) in [6.45, 7) is 0. The van der Waals surface area contributed by atoms with Crippen LogP contribution in [0, 0.1) is 20.2 Å². The maximum atomic E-state index is 10.7. The van der Waals surface area contributed by atoms with Crippen LogP contribution in [0.5, 0.6) is 0 Å². The second-order valence-corrected chi connectivity index (χ2v) is 7.16. The van der Waals surface area contributed by atoms with Gasteiger partial charge in [0.15, 0.2) is 10.2 Å². The standard InChI is InChI=1S/C20H16N6O4S2/c27-25(28)17-8-4-13(5-9-17)21-19(31)23-15-2-1-3-16(12-15)24-20(32)22-14-6-10-18(11-7-14)26(29)30/h1-12H,(H2,21,23,31)(H2,22,24,32). The minimum atomic E-state index is -0.472. The van der Waals surface area contributed by atoms with E-state index in [4.69, 9.17) is 24.4 Å². The average molecular weight is 469 g/mol.